The summed E-state index contributed by atoms with van der Waals surface area (Å²) in [6.07, 6.45) is 7.12. The van der Waals surface area contributed by atoms with Gasteiger partial charge in [-0.25, -0.2) is 0 Å². The van der Waals surface area contributed by atoms with Crippen LogP contribution in [0.5, 0.6) is 0 Å². The number of carbonyl (C=O) groups excluding carboxylic acids is 1. The van der Waals surface area contributed by atoms with Crippen molar-refractivity contribution in [2.24, 2.45) is 35.1 Å². The van der Waals surface area contributed by atoms with Crippen LogP contribution in [-0.2, 0) is 9.53 Å². The van der Waals surface area contributed by atoms with E-state index < -0.39 is 6.10 Å². The van der Waals surface area contributed by atoms with E-state index in [-0.39, 0.29) is 35.7 Å². The maximum atomic E-state index is 12.3. The van der Waals surface area contributed by atoms with Gasteiger partial charge in [0.2, 0.25) is 5.91 Å². The minimum absolute atomic E-state index is 0.0796. The highest BCUT2D eigenvalue weighted by Crippen LogP contribution is 2.33. The molecule has 2 rings (SSSR count). The van der Waals surface area contributed by atoms with Gasteiger partial charge in [0.25, 0.3) is 0 Å². The van der Waals surface area contributed by atoms with E-state index in [2.05, 4.69) is 11.8 Å². The number of carbonyl (C=O) groups is 1. The van der Waals surface area contributed by atoms with Crippen molar-refractivity contribution in [3.05, 3.63) is 0 Å². The van der Waals surface area contributed by atoms with E-state index in [4.69, 9.17) is 16.2 Å². The van der Waals surface area contributed by atoms with Crippen LogP contribution < -0.4 is 11.5 Å². The summed E-state index contributed by atoms with van der Waals surface area (Å²) in [5.74, 6) is -0.222. The van der Waals surface area contributed by atoms with Crippen LogP contribution in [0, 0.1) is 23.7 Å². The summed E-state index contributed by atoms with van der Waals surface area (Å²) in [6.45, 7) is 9.46. The van der Waals surface area contributed by atoms with E-state index in [1.54, 1.807) is 0 Å². The Bertz CT molecular complexity index is 462. The minimum atomic E-state index is -0.703. The van der Waals surface area contributed by atoms with E-state index in [1.807, 2.05) is 13.8 Å². The van der Waals surface area contributed by atoms with Gasteiger partial charge >= 0.3 is 0 Å². The molecule has 0 aromatic carbocycles. The van der Waals surface area contributed by atoms with E-state index >= 15 is 0 Å². The molecule has 1 heterocycles. The van der Waals surface area contributed by atoms with Crippen molar-refractivity contribution in [2.75, 3.05) is 26.3 Å². The van der Waals surface area contributed by atoms with Gasteiger partial charge in [0.15, 0.2) is 0 Å². The van der Waals surface area contributed by atoms with Crippen molar-refractivity contribution in [3.8, 4) is 0 Å². The highest BCUT2D eigenvalue weighted by Gasteiger charge is 2.39. The molecular weight excluding hydrogens is 354 g/mol. The Balaban J connectivity index is 2.09. The van der Waals surface area contributed by atoms with Crippen LogP contribution in [0.4, 0.5) is 0 Å². The monoisotopic (exact) mass is 397 g/mol. The molecule has 5 atom stereocenters. The number of aliphatic hydroxyl groups is 1. The molecule has 6 nitrogen and oxygen atoms in total. The van der Waals surface area contributed by atoms with E-state index in [0.717, 1.165) is 39.1 Å². The summed E-state index contributed by atoms with van der Waals surface area (Å²) in [6, 6.07) is -0.0448. The Hall–Kier alpha value is -0.690. The fraction of sp³-hybridized carbons (Fsp3) is 0.955. The maximum Gasteiger partial charge on any atom is 0.221 e. The molecule has 1 saturated carbocycles. The number of hydrogen-bond acceptors (Lipinski definition) is 5. The van der Waals surface area contributed by atoms with Gasteiger partial charge < -0.3 is 21.3 Å². The molecule has 6 heteroatoms. The molecule has 0 aromatic heterocycles. The van der Waals surface area contributed by atoms with Crippen LogP contribution in [0.2, 0.25) is 0 Å². The lowest BCUT2D eigenvalue weighted by atomic mass is 9.73. The lowest BCUT2D eigenvalue weighted by Crippen LogP contribution is -2.51. The number of nitrogens with zero attached hydrogens (tertiary/aromatic N) is 1. The maximum absolute atomic E-state index is 12.3. The van der Waals surface area contributed by atoms with Gasteiger partial charge in [-0.05, 0) is 37.5 Å². The Morgan fingerprint density at radius 3 is 2.29 bits per heavy atom. The van der Waals surface area contributed by atoms with Crippen molar-refractivity contribution in [3.63, 3.8) is 0 Å². The van der Waals surface area contributed by atoms with Gasteiger partial charge in [0.05, 0.1) is 19.3 Å². The number of aliphatic hydroxyl groups excluding tert-OH is 1. The van der Waals surface area contributed by atoms with E-state index in [1.165, 1.54) is 32.1 Å². The number of hydrogen-bond donors (Lipinski definition) is 3. The van der Waals surface area contributed by atoms with Gasteiger partial charge in [-0.15, -0.1) is 0 Å². The normalized spacial score (nSPS) is 25.2. The summed E-state index contributed by atoms with van der Waals surface area (Å²) in [5, 5.41) is 11.2. The Morgan fingerprint density at radius 1 is 1.14 bits per heavy atom. The van der Waals surface area contributed by atoms with Crippen molar-refractivity contribution in [1.82, 2.24) is 4.90 Å². The topological polar surface area (TPSA) is 102 Å². The molecule has 28 heavy (non-hydrogen) atoms. The van der Waals surface area contributed by atoms with E-state index in [9.17, 15) is 9.90 Å². The quantitative estimate of drug-likeness (QED) is 0.524. The average Bonchev–Trinajstić information content (AvgIpc) is 2.67. The molecule has 0 bridgehead atoms. The average molecular weight is 398 g/mol. The highest BCUT2D eigenvalue weighted by atomic mass is 16.5. The van der Waals surface area contributed by atoms with Crippen LogP contribution in [0.1, 0.15) is 65.7 Å². The lowest BCUT2D eigenvalue weighted by Gasteiger charge is -2.40. The molecule has 0 radical (unpaired) electrons. The molecule has 3 unspecified atom stereocenters. The van der Waals surface area contributed by atoms with Crippen LogP contribution in [0.3, 0.4) is 0 Å². The first-order valence-electron chi connectivity index (χ1n) is 11.4. The minimum Gasteiger partial charge on any atom is -0.391 e. The SMILES string of the molecule is CC(C)C(C(N)=O)C(C[C@H](C)N1CCOCC1)C(O)[C@@H](N)CC1CCCCC1. The summed E-state index contributed by atoms with van der Waals surface area (Å²) in [4.78, 5) is 14.7. The zero-order valence-corrected chi connectivity index (χ0v) is 18.2. The number of morpholine rings is 1. The first-order valence-corrected chi connectivity index (χ1v) is 11.4. The predicted octanol–water partition coefficient (Wildman–Crippen LogP) is 2.13. The molecule has 1 aliphatic heterocycles. The van der Waals surface area contributed by atoms with Gasteiger partial charge in [0.1, 0.15) is 0 Å². The third-order valence-corrected chi connectivity index (χ3v) is 7.00. The molecule has 1 aliphatic carbocycles. The second-order valence-corrected chi connectivity index (χ2v) is 9.46. The second-order valence-electron chi connectivity index (χ2n) is 9.46. The smallest absolute Gasteiger partial charge is 0.221 e. The molecule has 2 aliphatic rings. The van der Waals surface area contributed by atoms with Crippen molar-refractivity contribution < 1.29 is 14.6 Å². The van der Waals surface area contributed by atoms with Crippen molar-refractivity contribution >= 4 is 5.91 Å². The molecule has 5 N–H and O–H groups in total. The summed E-state index contributed by atoms with van der Waals surface area (Å²) in [7, 11) is 0. The van der Waals surface area contributed by atoms with Crippen LogP contribution in [-0.4, -0.2) is 60.4 Å². The third-order valence-electron chi connectivity index (χ3n) is 7.00. The molecule has 164 valence electrons. The number of rotatable bonds is 10. The first kappa shape index (κ1) is 23.6. The summed E-state index contributed by atoms with van der Waals surface area (Å²) >= 11 is 0. The Morgan fingerprint density at radius 2 is 1.75 bits per heavy atom. The van der Waals surface area contributed by atoms with E-state index in [0.29, 0.717) is 5.92 Å². The molecule has 0 spiro atoms. The molecular formula is C22H43N3O3. The van der Waals surface area contributed by atoms with Crippen LogP contribution in [0.25, 0.3) is 0 Å². The lowest BCUT2D eigenvalue weighted by molar-refractivity contribution is -0.128. The standard InChI is InChI=1S/C22H43N3O3/c1-15(2)20(22(24)27)18(13-16(3)25-9-11-28-12-10-25)21(26)19(23)14-17-7-5-4-6-8-17/h15-21,26H,4-14,23H2,1-3H3,(H2,24,27)/t16-,18?,19-,20?,21?/m0/s1. The molecule has 2 fully saturated rings. The van der Waals surface area contributed by atoms with Gasteiger partial charge in [-0.1, -0.05) is 46.0 Å². The zero-order chi connectivity index (χ0) is 20.7. The summed E-state index contributed by atoms with van der Waals surface area (Å²) in [5.41, 5.74) is 12.3. The summed E-state index contributed by atoms with van der Waals surface area (Å²) < 4.78 is 5.46. The number of primary amides is 1. The predicted molar refractivity (Wildman–Crippen MR) is 113 cm³/mol. The van der Waals surface area contributed by atoms with Crippen molar-refractivity contribution in [1.29, 1.82) is 0 Å². The first-order chi connectivity index (χ1) is 13.3. The number of amides is 1. The van der Waals surface area contributed by atoms with Gasteiger partial charge in [-0.2, -0.15) is 0 Å². The molecule has 1 amide bonds. The molecule has 1 saturated heterocycles. The molecule has 0 aromatic rings. The second kappa shape index (κ2) is 11.5. The Kier molecular flexibility index (Phi) is 9.67. The highest BCUT2D eigenvalue weighted by molar-refractivity contribution is 5.77. The fourth-order valence-corrected chi connectivity index (χ4v) is 5.36. The largest absolute Gasteiger partial charge is 0.391 e. The number of nitrogens with two attached hydrogens (primary N) is 2. The van der Waals surface area contributed by atoms with Crippen LogP contribution >= 0.6 is 0 Å². The zero-order valence-electron chi connectivity index (χ0n) is 18.2. The number of ether oxygens (including phenoxy) is 1. The van der Waals surface area contributed by atoms with Gasteiger partial charge in [-0.3, -0.25) is 9.69 Å². The van der Waals surface area contributed by atoms with Crippen molar-refractivity contribution in [2.45, 2.75) is 83.9 Å². The van der Waals surface area contributed by atoms with Gasteiger partial charge in [0, 0.05) is 31.1 Å². The van der Waals surface area contributed by atoms with Crippen LogP contribution in [0.15, 0.2) is 0 Å². The Labute approximate surface area is 171 Å². The fourth-order valence-electron chi connectivity index (χ4n) is 5.36. The third kappa shape index (κ3) is 6.68.